The van der Waals surface area contributed by atoms with Gasteiger partial charge in [0.2, 0.25) is 0 Å². The summed E-state index contributed by atoms with van der Waals surface area (Å²) in [6, 6.07) is 13.7. The first-order chi connectivity index (χ1) is 8.16. The number of hydrogen-bond donors (Lipinski definition) is 2. The molecule has 86 valence electrons. The molecule has 0 fully saturated rings. The molecule has 0 heterocycles. The summed E-state index contributed by atoms with van der Waals surface area (Å²) in [7, 11) is 0. The Labute approximate surface area is 103 Å². The lowest BCUT2D eigenvalue weighted by atomic mass is 10.2. The predicted molar refractivity (Wildman–Crippen MR) is 68.0 cm³/mol. The van der Waals surface area contributed by atoms with Gasteiger partial charge in [0, 0.05) is 15.4 Å². The highest BCUT2D eigenvalue weighted by molar-refractivity contribution is 7.99. The first kappa shape index (κ1) is 11.7. The molecule has 4 heteroatoms. The van der Waals surface area contributed by atoms with Crippen LogP contribution in [0, 0.1) is 11.2 Å². The van der Waals surface area contributed by atoms with Gasteiger partial charge in [0.1, 0.15) is 11.7 Å². The lowest BCUT2D eigenvalue weighted by molar-refractivity contribution is 0.624. The number of nitrogen functional groups attached to an aromatic ring is 1. The molecule has 0 bridgehead atoms. The molecule has 0 aromatic heterocycles. The number of amidine groups is 1. The van der Waals surface area contributed by atoms with E-state index in [4.69, 9.17) is 11.1 Å². The quantitative estimate of drug-likeness (QED) is 0.645. The highest BCUT2D eigenvalue weighted by Gasteiger charge is 2.06. The summed E-state index contributed by atoms with van der Waals surface area (Å²) in [5.74, 6) is -0.250. The topological polar surface area (TPSA) is 49.9 Å². The Morgan fingerprint density at radius 1 is 1.12 bits per heavy atom. The third kappa shape index (κ3) is 2.85. The van der Waals surface area contributed by atoms with E-state index in [0.29, 0.717) is 5.56 Å². The Hall–Kier alpha value is -1.81. The third-order valence-electron chi connectivity index (χ3n) is 2.20. The Kier molecular flexibility index (Phi) is 3.44. The molecule has 2 nitrogen and oxygen atoms in total. The van der Waals surface area contributed by atoms with E-state index in [-0.39, 0.29) is 11.7 Å². The maximum atomic E-state index is 13.0. The van der Waals surface area contributed by atoms with Crippen molar-refractivity contribution in [2.75, 3.05) is 0 Å². The first-order valence-corrected chi connectivity index (χ1v) is 5.85. The lowest BCUT2D eigenvalue weighted by Gasteiger charge is -2.07. The molecular weight excluding hydrogens is 235 g/mol. The maximum Gasteiger partial charge on any atom is 0.124 e. The van der Waals surface area contributed by atoms with Gasteiger partial charge in [-0.25, -0.2) is 4.39 Å². The van der Waals surface area contributed by atoms with Crippen LogP contribution in [0.3, 0.4) is 0 Å². The molecule has 0 unspecified atom stereocenters. The van der Waals surface area contributed by atoms with Crippen LogP contribution >= 0.6 is 11.8 Å². The Morgan fingerprint density at radius 3 is 2.59 bits per heavy atom. The third-order valence-corrected chi connectivity index (χ3v) is 3.27. The fraction of sp³-hybridized carbons (Fsp3) is 0. The SMILES string of the molecule is N=C(N)c1ccccc1Sc1cccc(F)c1. The average molecular weight is 246 g/mol. The van der Waals surface area contributed by atoms with Gasteiger partial charge in [-0.15, -0.1) is 0 Å². The molecule has 0 spiro atoms. The van der Waals surface area contributed by atoms with Gasteiger partial charge in [-0.1, -0.05) is 36.0 Å². The number of hydrogen-bond acceptors (Lipinski definition) is 2. The normalized spacial score (nSPS) is 10.2. The molecular formula is C13H11FN2S. The van der Waals surface area contributed by atoms with Crippen molar-refractivity contribution in [1.29, 1.82) is 5.41 Å². The van der Waals surface area contributed by atoms with E-state index in [0.717, 1.165) is 9.79 Å². The molecule has 0 aliphatic heterocycles. The Balaban J connectivity index is 2.33. The summed E-state index contributed by atoms with van der Waals surface area (Å²) in [6.07, 6.45) is 0. The summed E-state index contributed by atoms with van der Waals surface area (Å²) >= 11 is 1.40. The fourth-order valence-electron chi connectivity index (χ4n) is 1.44. The molecule has 0 amide bonds. The highest BCUT2D eigenvalue weighted by atomic mass is 32.2. The summed E-state index contributed by atoms with van der Waals surface area (Å²) in [4.78, 5) is 1.64. The molecule has 0 saturated heterocycles. The van der Waals surface area contributed by atoms with Gasteiger partial charge in [-0.3, -0.25) is 5.41 Å². The Bertz CT molecular complexity index is 555. The van der Waals surface area contributed by atoms with Crippen molar-refractivity contribution in [3.05, 3.63) is 59.9 Å². The summed E-state index contributed by atoms with van der Waals surface area (Å²) in [5.41, 5.74) is 6.16. The minimum atomic E-state index is -0.268. The molecule has 0 saturated carbocycles. The monoisotopic (exact) mass is 246 g/mol. The zero-order chi connectivity index (χ0) is 12.3. The van der Waals surface area contributed by atoms with Crippen LogP contribution in [0.15, 0.2) is 58.3 Å². The summed E-state index contributed by atoms with van der Waals surface area (Å²) < 4.78 is 13.0. The van der Waals surface area contributed by atoms with Gasteiger partial charge in [0.25, 0.3) is 0 Å². The standard InChI is InChI=1S/C13H11FN2S/c14-9-4-3-5-10(8-9)17-12-7-2-1-6-11(12)13(15)16/h1-8H,(H3,15,16). The molecule has 3 N–H and O–H groups in total. The van der Waals surface area contributed by atoms with Crippen molar-refractivity contribution in [3.8, 4) is 0 Å². The van der Waals surface area contributed by atoms with Crippen LogP contribution in [-0.2, 0) is 0 Å². The molecule has 0 atom stereocenters. The van der Waals surface area contributed by atoms with Crippen molar-refractivity contribution in [2.24, 2.45) is 5.73 Å². The highest BCUT2D eigenvalue weighted by Crippen LogP contribution is 2.30. The van der Waals surface area contributed by atoms with Crippen molar-refractivity contribution < 1.29 is 4.39 Å². The van der Waals surface area contributed by atoms with Gasteiger partial charge >= 0.3 is 0 Å². The minimum Gasteiger partial charge on any atom is -0.384 e. The van der Waals surface area contributed by atoms with Crippen molar-refractivity contribution in [1.82, 2.24) is 0 Å². The minimum absolute atomic E-state index is 0.0181. The van der Waals surface area contributed by atoms with Gasteiger partial charge in [-0.05, 0) is 24.3 Å². The number of benzene rings is 2. The van der Waals surface area contributed by atoms with Crippen LogP contribution in [0.25, 0.3) is 0 Å². The predicted octanol–water partition coefficient (Wildman–Crippen LogP) is 3.26. The van der Waals surface area contributed by atoms with Crippen LogP contribution in [0.2, 0.25) is 0 Å². The maximum absolute atomic E-state index is 13.0. The van der Waals surface area contributed by atoms with E-state index in [1.807, 2.05) is 24.3 Å². The molecule has 0 aliphatic carbocycles. The molecule has 17 heavy (non-hydrogen) atoms. The van der Waals surface area contributed by atoms with E-state index in [1.54, 1.807) is 12.1 Å². The lowest BCUT2D eigenvalue weighted by Crippen LogP contribution is -2.11. The van der Waals surface area contributed by atoms with Gasteiger partial charge in [0.15, 0.2) is 0 Å². The van der Waals surface area contributed by atoms with Crippen LogP contribution in [0.4, 0.5) is 4.39 Å². The molecule has 2 rings (SSSR count). The van der Waals surface area contributed by atoms with E-state index in [2.05, 4.69) is 0 Å². The number of nitrogens with two attached hydrogens (primary N) is 1. The molecule has 2 aromatic carbocycles. The van der Waals surface area contributed by atoms with E-state index < -0.39 is 0 Å². The van der Waals surface area contributed by atoms with Crippen LogP contribution < -0.4 is 5.73 Å². The van der Waals surface area contributed by atoms with Crippen LogP contribution in [0.1, 0.15) is 5.56 Å². The fourth-order valence-corrected chi connectivity index (χ4v) is 2.44. The van der Waals surface area contributed by atoms with Crippen LogP contribution in [-0.4, -0.2) is 5.84 Å². The number of halogens is 1. The van der Waals surface area contributed by atoms with Crippen molar-refractivity contribution in [2.45, 2.75) is 9.79 Å². The van der Waals surface area contributed by atoms with E-state index in [9.17, 15) is 4.39 Å². The zero-order valence-electron chi connectivity index (χ0n) is 8.98. The van der Waals surface area contributed by atoms with Gasteiger partial charge in [0.05, 0.1) is 0 Å². The Morgan fingerprint density at radius 2 is 1.88 bits per heavy atom. The second-order valence-corrected chi connectivity index (χ2v) is 4.58. The smallest absolute Gasteiger partial charge is 0.124 e. The van der Waals surface area contributed by atoms with Gasteiger partial charge < -0.3 is 5.73 Å². The second-order valence-electron chi connectivity index (χ2n) is 3.47. The average Bonchev–Trinajstić information content (AvgIpc) is 2.29. The first-order valence-electron chi connectivity index (χ1n) is 5.03. The van der Waals surface area contributed by atoms with E-state index in [1.165, 1.54) is 23.9 Å². The largest absolute Gasteiger partial charge is 0.384 e. The summed E-state index contributed by atoms with van der Waals surface area (Å²) in [6.45, 7) is 0. The molecule has 0 radical (unpaired) electrons. The molecule has 0 aliphatic rings. The number of nitrogens with one attached hydrogen (secondary N) is 1. The van der Waals surface area contributed by atoms with Gasteiger partial charge in [-0.2, -0.15) is 0 Å². The van der Waals surface area contributed by atoms with Crippen molar-refractivity contribution >= 4 is 17.6 Å². The number of rotatable bonds is 3. The molecule has 2 aromatic rings. The zero-order valence-corrected chi connectivity index (χ0v) is 9.80. The van der Waals surface area contributed by atoms with E-state index >= 15 is 0 Å². The second kappa shape index (κ2) is 5.01. The van der Waals surface area contributed by atoms with Crippen molar-refractivity contribution in [3.63, 3.8) is 0 Å². The summed E-state index contributed by atoms with van der Waals surface area (Å²) in [5, 5.41) is 7.47. The van der Waals surface area contributed by atoms with Crippen LogP contribution in [0.5, 0.6) is 0 Å².